The molecule has 0 bridgehead atoms. The van der Waals surface area contributed by atoms with E-state index in [1.807, 2.05) is 24.4 Å². The van der Waals surface area contributed by atoms with Crippen molar-refractivity contribution in [3.63, 3.8) is 0 Å². The number of benzene rings is 1. The van der Waals surface area contributed by atoms with E-state index in [-0.39, 0.29) is 0 Å². The molecule has 1 aliphatic carbocycles. The van der Waals surface area contributed by atoms with Crippen LogP contribution in [-0.4, -0.2) is 87.8 Å². The number of aromatic nitrogens is 4. The molecule has 0 unspecified atom stereocenters. The van der Waals surface area contributed by atoms with Gasteiger partial charge in [0.05, 0.1) is 5.69 Å². The van der Waals surface area contributed by atoms with Crippen LogP contribution in [0, 0.1) is 0 Å². The van der Waals surface area contributed by atoms with E-state index in [1.165, 1.54) is 11.4 Å². The molecule has 6 rings (SSSR count). The van der Waals surface area contributed by atoms with Gasteiger partial charge in [0.25, 0.3) is 0 Å². The Hall–Kier alpha value is -3.53. The largest absolute Gasteiger partial charge is 0.384 e. The molecule has 9 nitrogen and oxygen atoms in total. The van der Waals surface area contributed by atoms with Gasteiger partial charge in [-0.15, -0.1) is 0 Å². The maximum absolute atomic E-state index is 10.6. The summed E-state index contributed by atoms with van der Waals surface area (Å²) in [5.41, 5.74) is 3.84. The lowest BCUT2D eigenvalue weighted by atomic mass is 10.1. The fraction of sp³-hybridized carbons (Fsp3) is 0.452. The van der Waals surface area contributed by atoms with Gasteiger partial charge in [-0.05, 0) is 89.2 Å². The number of nitrogens with zero attached hydrogens (tertiary/aromatic N) is 7. The molecule has 4 aromatic rings. The van der Waals surface area contributed by atoms with Crippen LogP contribution < -0.4 is 10.2 Å². The van der Waals surface area contributed by atoms with Gasteiger partial charge in [-0.3, -0.25) is 9.47 Å². The smallest absolute Gasteiger partial charge is 0.229 e. The molecular formula is C31H40N8O. The highest BCUT2D eigenvalue weighted by atomic mass is 16.3. The van der Waals surface area contributed by atoms with E-state index in [2.05, 4.69) is 74.0 Å². The van der Waals surface area contributed by atoms with Gasteiger partial charge < -0.3 is 20.2 Å². The molecule has 0 radical (unpaired) electrons. The standard InChI is InChI=1S/C31H40N8O/c1-31(2,40)27-6-5-7-28(34-27)39-26(22-8-9-22)20-23-21-32-30(35-29(23)39)33-24-10-12-25(13-11-24)38-18-16-37(17-19-38)15-14-36(3)4/h5-7,10-13,20-22,40H,8-9,14-19H2,1-4H3,(H,32,33,35). The first kappa shape index (κ1) is 26.7. The van der Waals surface area contributed by atoms with Crippen LogP contribution in [0.3, 0.4) is 0 Å². The van der Waals surface area contributed by atoms with Gasteiger partial charge in [0.2, 0.25) is 5.95 Å². The van der Waals surface area contributed by atoms with Crippen LogP contribution in [0.15, 0.2) is 54.7 Å². The fourth-order valence-corrected chi connectivity index (χ4v) is 5.33. The third-order valence-electron chi connectivity index (χ3n) is 7.88. The van der Waals surface area contributed by atoms with Crippen molar-refractivity contribution in [2.24, 2.45) is 0 Å². The lowest BCUT2D eigenvalue weighted by molar-refractivity contribution is 0.0738. The zero-order valence-electron chi connectivity index (χ0n) is 24.0. The lowest BCUT2D eigenvalue weighted by Crippen LogP contribution is -2.48. The van der Waals surface area contributed by atoms with Gasteiger partial charge in [0.1, 0.15) is 11.4 Å². The predicted octanol–water partition coefficient (Wildman–Crippen LogP) is 4.35. The summed E-state index contributed by atoms with van der Waals surface area (Å²) >= 11 is 0. The van der Waals surface area contributed by atoms with E-state index >= 15 is 0 Å². The molecular weight excluding hydrogens is 500 g/mol. The van der Waals surface area contributed by atoms with Crippen molar-refractivity contribution in [1.29, 1.82) is 0 Å². The van der Waals surface area contributed by atoms with E-state index in [9.17, 15) is 5.11 Å². The summed E-state index contributed by atoms with van der Waals surface area (Å²) in [5, 5.41) is 15.0. The molecule has 4 heterocycles. The van der Waals surface area contributed by atoms with Crippen molar-refractivity contribution in [1.82, 2.24) is 29.3 Å². The number of rotatable bonds is 9. The van der Waals surface area contributed by atoms with Gasteiger partial charge in [0, 0.05) is 67.9 Å². The first-order valence-corrected chi connectivity index (χ1v) is 14.3. The normalized spacial score (nSPS) is 16.7. The second-order valence-corrected chi connectivity index (χ2v) is 11.9. The zero-order valence-corrected chi connectivity index (χ0v) is 24.0. The number of anilines is 3. The van der Waals surface area contributed by atoms with Crippen molar-refractivity contribution in [3.05, 3.63) is 66.1 Å². The average molecular weight is 541 g/mol. The number of nitrogens with one attached hydrogen (secondary N) is 1. The first-order chi connectivity index (χ1) is 19.2. The van der Waals surface area contributed by atoms with Crippen LogP contribution in [0.1, 0.15) is 44.0 Å². The number of aliphatic hydroxyl groups is 1. The third-order valence-corrected chi connectivity index (χ3v) is 7.88. The van der Waals surface area contributed by atoms with Gasteiger partial charge in [0.15, 0.2) is 5.65 Å². The van der Waals surface area contributed by atoms with Gasteiger partial charge in [-0.2, -0.15) is 4.98 Å². The van der Waals surface area contributed by atoms with Crippen LogP contribution in [0.25, 0.3) is 16.9 Å². The lowest BCUT2D eigenvalue weighted by Gasteiger charge is -2.36. The van der Waals surface area contributed by atoms with Crippen LogP contribution in [0.2, 0.25) is 0 Å². The minimum atomic E-state index is -1.02. The summed E-state index contributed by atoms with van der Waals surface area (Å²) in [5.74, 6) is 1.82. The highest BCUT2D eigenvalue weighted by Crippen LogP contribution is 2.43. The Bertz CT molecular complexity index is 1460. The first-order valence-electron chi connectivity index (χ1n) is 14.3. The Balaban J connectivity index is 1.20. The highest BCUT2D eigenvalue weighted by molar-refractivity contribution is 5.80. The molecule has 0 spiro atoms. The number of hydrogen-bond acceptors (Lipinski definition) is 8. The molecule has 210 valence electrons. The maximum Gasteiger partial charge on any atom is 0.229 e. The number of hydrogen-bond donors (Lipinski definition) is 2. The van der Waals surface area contributed by atoms with Gasteiger partial charge in [-0.25, -0.2) is 9.97 Å². The summed E-state index contributed by atoms with van der Waals surface area (Å²) in [6.07, 6.45) is 4.21. The molecule has 40 heavy (non-hydrogen) atoms. The number of fused-ring (bicyclic) bond motifs is 1. The van der Waals surface area contributed by atoms with Crippen molar-refractivity contribution in [2.75, 3.05) is 63.6 Å². The quantitative estimate of drug-likeness (QED) is 0.324. The van der Waals surface area contributed by atoms with E-state index in [1.54, 1.807) is 13.8 Å². The molecule has 0 atom stereocenters. The predicted molar refractivity (Wildman–Crippen MR) is 161 cm³/mol. The monoisotopic (exact) mass is 540 g/mol. The topological polar surface area (TPSA) is 85.6 Å². The van der Waals surface area contributed by atoms with Crippen molar-refractivity contribution >= 4 is 28.4 Å². The van der Waals surface area contributed by atoms with E-state index < -0.39 is 5.60 Å². The zero-order chi connectivity index (χ0) is 27.9. The number of piperazine rings is 1. The van der Waals surface area contributed by atoms with E-state index in [0.717, 1.165) is 74.6 Å². The molecule has 9 heteroatoms. The Morgan fingerprint density at radius 2 is 1.75 bits per heavy atom. The molecule has 3 aromatic heterocycles. The van der Waals surface area contributed by atoms with Crippen LogP contribution in [0.4, 0.5) is 17.3 Å². The Labute approximate surface area is 236 Å². The second-order valence-electron chi connectivity index (χ2n) is 11.9. The number of likely N-dealkylation sites (N-methyl/N-ethyl adjacent to an activating group) is 1. The summed E-state index contributed by atoms with van der Waals surface area (Å²) < 4.78 is 2.14. The molecule has 1 aliphatic heterocycles. The van der Waals surface area contributed by atoms with Crippen molar-refractivity contribution < 1.29 is 5.11 Å². The molecule has 1 saturated heterocycles. The Kier molecular flexibility index (Phi) is 7.20. The molecule has 2 aliphatic rings. The van der Waals surface area contributed by atoms with Crippen molar-refractivity contribution in [3.8, 4) is 5.82 Å². The summed E-state index contributed by atoms with van der Waals surface area (Å²) in [6.45, 7) is 10.0. The Morgan fingerprint density at radius 3 is 2.42 bits per heavy atom. The molecule has 2 N–H and O–H groups in total. The molecule has 2 fully saturated rings. The Morgan fingerprint density at radius 1 is 1.00 bits per heavy atom. The summed E-state index contributed by atoms with van der Waals surface area (Å²) in [6, 6.07) is 16.5. The summed E-state index contributed by atoms with van der Waals surface area (Å²) in [7, 11) is 4.26. The molecule has 0 amide bonds. The van der Waals surface area contributed by atoms with Crippen LogP contribution >= 0.6 is 0 Å². The van der Waals surface area contributed by atoms with E-state index in [4.69, 9.17) is 9.97 Å². The maximum atomic E-state index is 10.6. The van der Waals surface area contributed by atoms with E-state index in [0.29, 0.717) is 17.6 Å². The van der Waals surface area contributed by atoms with Gasteiger partial charge >= 0.3 is 0 Å². The average Bonchev–Trinajstić information content (AvgIpc) is 3.72. The molecule has 1 saturated carbocycles. The molecule has 1 aromatic carbocycles. The SMILES string of the molecule is CN(C)CCN1CCN(c2ccc(Nc3ncc4cc(C5CC5)n(-c5cccc(C(C)(C)O)n5)c4n3)cc2)CC1. The highest BCUT2D eigenvalue weighted by Gasteiger charge is 2.30. The third kappa shape index (κ3) is 5.82. The minimum Gasteiger partial charge on any atom is -0.384 e. The van der Waals surface area contributed by atoms with Crippen molar-refractivity contribution in [2.45, 2.75) is 38.2 Å². The summed E-state index contributed by atoms with van der Waals surface area (Å²) in [4.78, 5) is 21.6. The van der Waals surface area contributed by atoms with Gasteiger partial charge in [-0.1, -0.05) is 6.07 Å². The minimum absolute atomic E-state index is 0.501. The van der Waals surface area contributed by atoms with Crippen LogP contribution in [0.5, 0.6) is 0 Å². The number of pyridine rings is 1. The second kappa shape index (κ2) is 10.8. The van der Waals surface area contributed by atoms with Crippen LogP contribution in [-0.2, 0) is 5.60 Å². The fourth-order valence-electron chi connectivity index (χ4n) is 5.33.